The third-order valence-corrected chi connectivity index (χ3v) is 16.6. The maximum absolute atomic E-state index is 12.3. The van der Waals surface area contributed by atoms with Gasteiger partial charge in [-0.05, 0) is 99.7 Å². The summed E-state index contributed by atoms with van der Waals surface area (Å²) in [4.78, 5) is 0. The van der Waals surface area contributed by atoms with Gasteiger partial charge in [0.2, 0.25) is 0 Å². The van der Waals surface area contributed by atoms with Gasteiger partial charge in [-0.2, -0.15) is 0 Å². The molecule has 14 nitrogen and oxygen atoms in total. The highest BCUT2D eigenvalue weighted by Gasteiger charge is 2.70. The van der Waals surface area contributed by atoms with E-state index in [1.807, 2.05) is 0 Å². The average molecular weight is 801 g/mol. The van der Waals surface area contributed by atoms with Crippen LogP contribution >= 0.6 is 0 Å². The van der Waals surface area contributed by atoms with E-state index in [0.29, 0.717) is 19.3 Å². The number of allylic oxidation sites excluding steroid dienone is 1. The van der Waals surface area contributed by atoms with Gasteiger partial charge < -0.3 is 70.0 Å². The molecule has 14 heteroatoms. The lowest BCUT2D eigenvalue weighted by molar-refractivity contribution is -0.375. The van der Waals surface area contributed by atoms with Gasteiger partial charge in [0.1, 0.15) is 48.8 Å². The van der Waals surface area contributed by atoms with Crippen molar-refractivity contribution in [3.8, 4) is 0 Å². The minimum Gasteiger partial charge on any atom is -0.394 e. The molecule has 0 unspecified atom stereocenters. The van der Waals surface area contributed by atoms with Gasteiger partial charge in [0, 0.05) is 10.8 Å². The van der Waals surface area contributed by atoms with E-state index in [2.05, 4.69) is 47.6 Å². The lowest BCUT2D eigenvalue weighted by atomic mass is 9.38. The number of aliphatic hydroxyl groups excluding tert-OH is 9. The molecule has 2 aliphatic heterocycles. The zero-order chi connectivity index (χ0) is 41.5. The second kappa shape index (κ2) is 15.9. The van der Waals surface area contributed by atoms with Gasteiger partial charge in [-0.1, -0.05) is 53.2 Å². The zero-order valence-electron chi connectivity index (χ0n) is 34.6. The van der Waals surface area contributed by atoms with Crippen LogP contribution in [-0.4, -0.2) is 150 Å². The maximum atomic E-state index is 12.3. The highest BCUT2D eigenvalue weighted by Crippen LogP contribution is 2.75. The van der Waals surface area contributed by atoms with E-state index < -0.39 is 98.5 Å². The quantitative estimate of drug-likeness (QED) is 0.132. The smallest absolute Gasteiger partial charge is 0.187 e. The van der Waals surface area contributed by atoms with Crippen molar-refractivity contribution in [2.75, 3.05) is 13.2 Å². The third-order valence-electron chi connectivity index (χ3n) is 16.6. The molecular formula is C42H72O14. The van der Waals surface area contributed by atoms with Gasteiger partial charge in [0.05, 0.1) is 37.1 Å². The number of ether oxygens (including phenoxy) is 4. The van der Waals surface area contributed by atoms with Crippen LogP contribution < -0.4 is 0 Å². The first kappa shape index (κ1) is 44.7. The monoisotopic (exact) mass is 800 g/mol. The van der Waals surface area contributed by atoms with E-state index in [1.165, 1.54) is 5.57 Å². The molecule has 56 heavy (non-hydrogen) atoms. The van der Waals surface area contributed by atoms with E-state index in [1.54, 1.807) is 13.8 Å². The predicted molar refractivity (Wildman–Crippen MR) is 202 cm³/mol. The van der Waals surface area contributed by atoms with Gasteiger partial charge in [0.15, 0.2) is 12.6 Å². The fourth-order valence-corrected chi connectivity index (χ4v) is 12.7. The van der Waals surface area contributed by atoms with Crippen LogP contribution in [0.3, 0.4) is 0 Å². The summed E-state index contributed by atoms with van der Waals surface area (Å²) in [5, 5.41) is 108. The van der Waals surface area contributed by atoms with Crippen LogP contribution in [0.15, 0.2) is 11.6 Å². The van der Waals surface area contributed by atoms with Gasteiger partial charge in [-0.15, -0.1) is 0 Å². The predicted octanol–water partition coefficient (Wildman–Crippen LogP) is 1.12. The average Bonchev–Trinajstić information content (AvgIpc) is 3.40. The topological polar surface area (TPSA) is 239 Å². The zero-order valence-corrected chi connectivity index (χ0v) is 34.6. The summed E-state index contributed by atoms with van der Waals surface area (Å²) < 4.78 is 23.7. The summed E-state index contributed by atoms with van der Waals surface area (Å²) in [6, 6.07) is 0. The summed E-state index contributed by atoms with van der Waals surface area (Å²) in [7, 11) is 0. The Labute approximate surface area is 331 Å². The van der Waals surface area contributed by atoms with Gasteiger partial charge in [0.25, 0.3) is 0 Å². The summed E-state index contributed by atoms with van der Waals surface area (Å²) in [6.45, 7) is 15.4. The third kappa shape index (κ3) is 7.16. The fraction of sp³-hybridized carbons (Fsp3) is 0.952. The second-order valence-electron chi connectivity index (χ2n) is 20.2. The minimum absolute atomic E-state index is 0.0323. The standard InChI is InChI=1S/C42H72O14/c1-20(21-15-16-40(6)26-12-10-22-23(11-13-27(45)38(22,2)3)42(26,8)28(46)17-41(21,40)7)9-14-29(39(4,5)52)55-37-35(33(50)31(48)25(19-44)54-37)56-36-34(51)32(49)30(47)24(18-43)53-36/h10,20-21,23-37,43-52H,9,11-19H2,1-8H3/t20-,21-,23-,24-,25-,26+,27+,28-,29-,30-,31-,32+,33+,34-,35-,36+,37+,40-,41+,42-/m1/s1. The van der Waals surface area contributed by atoms with Crippen LogP contribution in [0.25, 0.3) is 0 Å². The van der Waals surface area contributed by atoms with Gasteiger partial charge in [-0.25, -0.2) is 0 Å². The number of fused-ring (bicyclic) bond motifs is 5. The van der Waals surface area contributed by atoms with Crippen molar-refractivity contribution in [1.29, 1.82) is 0 Å². The molecule has 10 N–H and O–H groups in total. The SMILES string of the molecule is C[C@H](CC[C@@H](O[C@@H]1O[C@H](CO)[C@@H](O)[C@H](O)[C@H]1O[C@@H]1O[C@H](CO)[C@@H](O)[C@H](O)[C@H]1O)C(C)(C)O)[C@H]1CC[C@]2(C)[C@@H]3CC=C4[C@@H](CC[C@H](O)C4(C)C)[C@@]3(C)[C@H](O)C[C@@]12C. The van der Waals surface area contributed by atoms with Gasteiger partial charge >= 0.3 is 0 Å². The van der Waals surface area contributed by atoms with Crippen molar-refractivity contribution in [3.63, 3.8) is 0 Å². The van der Waals surface area contributed by atoms with E-state index in [9.17, 15) is 51.1 Å². The Kier molecular flexibility index (Phi) is 12.7. The number of aliphatic hydroxyl groups is 10. The molecule has 2 heterocycles. The van der Waals surface area contributed by atoms with Crippen LogP contribution in [0.2, 0.25) is 0 Å². The molecular weight excluding hydrogens is 728 g/mol. The molecule has 0 bridgehead atoms. The number of hydrogen-bond donors (Lipinski definition) is 10. The molecule has 324 valence electrons. The lowest BCUT2D eigenvalue weighted by Crippen LogP contribution is -2.65. The molecule has 0 amide bonds. The van der Waals surface area contributed by atoms with E-state index in [0.717, 1.165) is 32.1 Å². The first-order valence-corrected chi connectivity index (χ1v) is 21.0. The molecule has 0 aromatic rings. The Hall–Kier alpha value is -0.820. The molecule has 4 aliphatic carbocycles. The Morgan fingerprint density at radius 1 is 0.768 bits per heavy atom. The molecule has 0 spiro atoms. The van der Waals surface area contributed by atoms with E-state index in [-0.39, 0.29) is 45.3 Å². The van der Waals surface area contributed by atoms with Crippen LogP contribution in [0.5, 0.6) is 0 Å². The highest BCUT2D eigenvalue weighted by molar-refractivity contribution is 5.31. The van der Waals surface area contributed by atoms with Crippen LogP contribution in [-0.2, 0) is 18.9 Å². The molecule has 6 aliphatic rings. The van der Waals surface area contributed by atoms with Crippen molar-refractivity contribution in [2.24, 2.45) is 45.3 Å². The van der Waals surface area contributed by atoms with Crippen LogP contribution in [0.4, 0.5) is 0 Å². The van der Waals surface area contributed by atoms with Crippen molar-refractivity contribution < 1.29 is 70.0 Å². The van der Waals surface area contributed by atoms with Crippen molar-refractivity contribution in [2.45, 2.75) is 192 Å². The molecule has 3 saturated carbocycles. The fourth-order valence-electron chi connectivity index (χ4n) is 12.7. The summed E-state index contributed by atoms with van der Waals surface area (Å²) in [5.41, 5.74) is -0.951. The van der Waals surface area contributed by atoms with Crippen molar-refractivity contribution in [3.05, 3.63) is 11.6 Å². The summed E-state index contributed by atoms with van der Waals surface area (Å²) >= 11 is 0. The number of hydrogen-bond acceptors (Lipinski definition) is 14. The molecule has 6 rings (SSSR count). The Morgan fingerprint density at radius 2 is 1.38 bits per heavy atom. The minimum atomic E-state index is -1.80. The lowest BCUT2D eigenvalue weighted by Gasteiger charge is -2.67. The first-order valence-electron chi connectivity index (χ1n) is 21.0. The summed E-state index contributed by atoms with van der Waals surface area (Å²) in [6.07, 6.45) is -9.06. The Balaban J connectivity index is 1.19. The molecule has 0 aromatic carbocycles. The first-order chi connectivity index (χ1) is 26.0. The maximum Gasteiger partial charge on any atom is 0.187 e. The highest BCUT2D eigenvalue weighted by atomic mass is 16.8. The molecule has 0 aromatic heterocycles. The molecule has 5 fully saturated rings. The normalized spacial score (nSPS) is 50.3. The Morgan fingerprint density at radius 3 is 1.98 bits per heavy atom. The Bertz CT molecular complexity index is 1400. The van der Waals surface area contributed by atoms with Crippen LogP contribution in [0, 0.1) is 45.3 Å². The second-order valence-corrected chi connectivity index (χ2v) is 20.2. The molecule has 0 radical (unpaired) electrons. The number of rotatable bonds is 11. The van der Waals surface area contributed by atoms with E-state index >= 15 is 0 Å². The van der Waals surface area contributed by atoms with Gasteiger partial charge in [-0.3, -0.25) is 0 Å². The van der Waals surface area contributed by atoms with Crippen molar-refractivity contribution in [1.82, 2.24) is 0 Å². The van der Waals surface area contributed by atoms with Crippen molar-refractivity contribution >= 4 is 0 Å². The van der Waals surface area contributed by atoms with E-state index in [4.69, 9.17) is 18.9 Å². The molecule has 2 saturated heterocycles. The largest absolute Gasteiger partial charge is 0.394 e. The van der Waals surface area contributed by atoms with Crippen LogP contribution in [0.1, 0.15) is 107 Å². The molecule has 20 atom stereocenters. The summed E-state index contributed by atoms with van der Waals surface area (Å²) in [5.74, 6) is 0.931.